The number of rotatable bonds is 9. The predicted molar refractivity (Wildman–Crippen MR) is 143 cm³/mol. The van der Waals surface area contributed by atoms with E-state index in [0.29, 0.717) is 23.7 Å². The summed E-state index contributed by atoms with van der Waals surface area (Å²) in [6.45, 7) is 4.37. The van der Waals surface area contributed by atoms with Gasteiger partial charge in [-0.2, -0.15) is 5.26 Å². The number of halogens is 3. The van der Waals surface area contributed by atoms with Crippen molar-refractivity contribution in [3.8, 4) is 17.6 Å². The number of carbonyl (C=O) groups is 1. The van der Waals surface area contributed by atoms with E-state index in [-0.39, 0.29) is 38.6 Å². The number of benzene rings is 3. The quantitative estimate of drug-likeness (QED) is 0.126. The van der Waals surface area contributed by atoms with Crippen molar-refractivity contribution in [2.75, 3.05) is 11.9 Å². The first-order valence-corrected chi connectivity index (χ1v) is 12.0. The highest BCUT2D eigenvalue weighted by molar-refractivity contribution is 6.40. The number of non-ortho nitro benzene ring substituents is 1. The number of ether oxygens (including phenoxy) is 2. The zero-order chi connectivity index (χ0) is 27.1. The smallest absolute Gasteiger partial charge is 0.272 e. The molecule has 0 bridgehead atoms. The summed E-state index contributed by atoms with van der Waals surface area (Å²) in [5.41, 5.74) is 1.76. The first-order valence-electron chi connectivity index (χ1n) is 10.8. The third-order valence-electron chi connectivity index (χ3n) is 5.12. The molecule has 3 aromatic carbocycles. The van der Waals surface area contributed by atoms with Gasteiger partial charge in [0.1, 0.15) is 18.2 Å². The van der Waals surface area contributed by atoms with Crippen LogP contribution < -0.4 is 14.8 Å². The van der Waals surface area contributed by atoms with Gasteiger partial charge in [-0.3, -0.25) is 14.9 Å². The zero-order valence-electron chi connectivity index (χ0n) is 19.7. The van der Waals surface area contributed by atoms with Gasteiger partial charge in [0.25, 0.3) is 11.6 Å². The van der Waals surface area contributed by atoms with E-state index in [1.165, 1.54) is 12.1 Å². The molecular weight excluding hydrogens is 541 g/mol. The number of hydrogen-bond acceptors (Lipinski definition) is 6. The minimum Gasteiger partial charge on any atom is -0.490 e. The maximum absolute atomic E-state index is 12.8. The standard InChI is InChI=1S/C26H20Cl3N3O5/c1-3-36-23-10-16(9-22(29)25(23)37-14-17-7-5-4-6-15(17)2)8-18(13-30)26(33)31-24-20(27)11-19(32(34)35)12-21(24)28/h4-12H,3,14H2,1-2H3,(H,31,33)/b18-8+. The van der Waals surface area contributed by atoms with E-state index in [4.69, 9.17) is 44.3 Å². The number of nitro benzene ring substituents is 1. The van der Waals surface area contributed by atoms with Gasteiger partial charge >= 0.3 is 0 Å². The van der Waals surface area contributed by atoms with Crippen LogP contribution in [0, 0.1) is 28.4 Å². The second-order valence-electron chi connectivity index (χ2n) is 7.64. The Morgan fingerprint density at radius 1 is 1.11 bits per heavy atom. The van der Waals surface area contributed by atoms with Gasteiger partial charge in [-0.1, -0.05) is 59.1 Å². The zero-order valence-corrected chi connectivity index (χ0v) is 21.9. The Labute approximate surface area is 228 Å². The molecule has 1 N–H and O–H groups in total. The third-order valence-corrected chi connectivity index (χ3v) is 5.99. The highest BCUT2D eigenvalue weighted by Gasteiger charge is 2.19. The molecule has 0 saturated carbocycles. The molecule has 0 aliphatic heterocycles. The van der Waals surface area contributed by atoms with Gasteiger partial charge in [-0.05, 0) is 48.7 Å². The molecule has 11 heteroatoms. The minimum absolute atomic E-state index is 0.0620. The molecule has 1 amide bonds. The average Bonchev–Trinajstić information content (AvgIpc) is 2.85. The summed E-state index contributed by atoms with van der Waals surface area (Å²) in [6.07, 6.45) is 1.31. The van der Waals surface area contributed by atoms with Crippen LogP contribution in [0.25, 0.3) is 6.08 Å². The topological polar surface area (TPSA) is 114 Å². The van der Waals surface area contributed by atoms with E-state index in [0.717, 1.165) is 23.3 Å². The van der Waals surface area contributed by atoms with Crippen molar-refractivity contribution < 1.29 is 19.2 Å². The van der Waals surface area contributed by atoms with Gasteiger partial charge in [-0.15, -0.1) is 0 Å². The lowest BCUT2D eigenvalue weighted by molar-refractivity contribution is -0.384. The fourth-order valence-electron chi connectivity index (χ4n) is 3.28. The Hall–Kier alpha value is -3.77. The second-order valence-corrected chi connectivity index (χ2v) is 8.87. The van der Waals surface area contributed by atoms with Gasteiger partial charge in [0, 0.05) is 12.1 Å². The Bertz CT molecular complexity index is 1410. The SMILES string of the molecule is CCOc1cc(/C=C(\C#N)C(=O)Nc2c(Cl)cc([N+](=O)[O-])cc2Cl)cc(Cl)c1OCc1ccccc1C. The third kappa shape index (κ3) is 6.92. The van der Waals surface area contributed by atoms with Crippen LogP contribution in [0.5, 0.6) is 11.5 Å². The lowest BCUT2D eigenvalue weighted by Gasteiger charge is -2.15. The summed E-state index contributed by atoms with van der Waals surface area (Å²) in [5.74, 6) is -0.153. The lowest BCUT2D eigenvalue weighted by atomic mass is 10.1. The molecule has 0 fully saturated rings. The Morgan fingerprint density at radius 3 is 2.38 bits per heavy atom. The monoisotopic (exact) mass is 559 g/mol. The number of hydrogen-bond donors (Lipinski definition) is 1. The molecule has 0 saturated heterocycles. The maximum Gasteiger partial charge on any atom is 0.272 e. The van der Waals surface area contributed by atoms with Crippen LogP contribution >= 0.6 is 34.8 Å². The molecular formula is C26H20Cl3N3O5. The highest BCUT2D eigenvalue weighted by Crippen LogP contribution is 2.38. The first-order chi connectivity index (χ1) is 17.6. The number of nitrogens with one attached hydrogen (secondary N) is 1. The Kier molecular flexibility index (Phi) is 9.36. The summed E-state index contributed by atoms with van der Waals surface area (Å²) in [6, 6.07) is 14.8. The molecule has 0 aliphatic carbocycles. The van der Waals surface area contributed by atoms with Crippen molar-refractivity contribution in [1.82, 2.24) is 0 Å². The van der Waals surface area contributed by atoms with Crippen molar-refractivity contribution in [1.29, 1.82) is 5.26 Å². The summed E-state index contributed by atoms with van der Waals surface area (Å²) in [5, 5.41) is 22.9. The second kappa shape index (κ2) is 12.5. The Balaban J connectivity index is 1.89. The lowest BCUT2D eigenvalue weighted by Crippen LogP contribution is -2.14. The molecule has 0 radical (unpaired) electrons. The van der Waals surface area contributed by atoms with Gasteiger partial charge < -0.3 is 14.8 Å². The molecule has 0 heterocycles. The summed E-state index contributed by atoms with van der Waals surface area (Å²) in [7, 11) is 0. The molecule has 190 valence electrons. The molecule has 0 unspecified atom stereocenters. The average molecular weight is 561 g/mol. The van der Waals surface area contributed by atoms with Crippen LogP contribution in [0.2, 0.25) is 15.1 Å². The van der Waals surface area contributed by atoms with E-state index < -0.39 is 10.8 Å². The van der Waals surface area contributed by atoms with E-state index in [1.54, 1.807) is 13.0 Å². The van der Waals surface area contributed by atoms with Gasteiger partial charge in [-0.25, -0.2) is 0 Å². The van der Waals surface area contributed by atoms with Gasteiger partial charge in [0.15, 0.2) is 11.5 Å². The van der Waals surface area contributed by atoms with Crippen molar-refractivity contribution in [2.45, 2.75) is 20.5 Å². The Morgan fingerprint density at radius 2 is 1.78 bits per heavy atom. The molecule has 0 spiro atoms. The van der Waals surface area contributed by atoms with Crippen molar-refractivity contribution in [2.24, 2.45) is 0 Å². The van der Waals surface area contributed by atoms with Crippen molar-refractivity contribution >= 4 is 58.2 Å². The molecule has 0 aliphatic rings. The molecule has 8 nitrogen and oxygen atoms in total. The summed E-state index contributed by atoms with van der Waals surface area (Å²) >= 11 is 18.6. The van der Waals surface area contributed by atoms with E-state index >= 15 is 0 Å². The van der Waals surface area contributed by atoms with Crippen molar-refractivity contribution in [3.05, 3.63) is 96.0 Å². The number of anilines is 1. The molecule has 3 aromatic rings. The number of nitrogens with zero attached hydrogens (tertiary/aromatic N) is 2. The van der Waals surface area contributed by atoms with Gasteiger partial charge in [0.05, 0.1) is 32.3 Å². The van der Waals surface area contributed by atoms with Gasteiger partial charge in [0.2, 0.25) is 0 Å². The molecule has 0 atom stereocenters. The highest BCUT2D eigenvalue weighted by atomic mass is 35.5. The van der Waals surface area contributed by atoms with Crippen LogP contribution in [0.1, 0.15) is 23.6 Å². The van der Waals surface area contributed by atoms with E-state index in [9.17, 15) is 20.2 Å². The maximum atomic E-state index is 12.8. The molecule has 37 heavy (non-hydrogen) atoms. The van der Waals surface area contributed by atoms with E-state index in [1.807, 2.05) is 37.3 Å². The minimum atomic E-state index is -0.825. The van der Waals surface area contributed by atoms with Crippen LogP contribution in [0.15, 0.2) is 54.1 Å². The largest absolute Gasteiger partial charge is 0.490 e. The van der Waals surface area contributed by atoms with Crippen LogP contribution in [-0.2, 0) is 11.4 Å². The number of amides is 1. The summed E-state index contributed by atoms with van der Waals surface area (Å²) < 4.78 is 11.7. The van der Waals surface area contributed by atoms with Crippen molar-refractivity contribution in [3.63, 3.8) is 0 Å². The van der Waals surface area contributed by atoms with Crippen LogP contribution in [-0.4, -0.2) is 17.4 Å². The number of carbonyl (C=O) groups excluding carboxylic acids is 1. The predicted octanol–water partition coefficient (Wildman–Crippen LogP) is 7.39. The normalized spacial score (nSPS) is 11.0. The van der Waals surface area contributed by atoms with Crippen LogP contribution in [0.4, 0.5) is 11.4 Å². The van der Waals surface area contributed by atoms with E-state index in [2.05, 4.69) is 5.32 Å². The molecule has 0 aromatic heterocycles. The first kappa shape index (κ1) is 27.8. The van der Waals surface area contributed by atoms with Crippen LogP contribution in [0.3, 0.4) is 0 Å². The molecule has 3 rings (SSSR count). The summed E-state index contributed by atoms with van der Waals surface area (Å²) in [4.78, 5) is 23.1. The number of aryl methyl sites for hydroxylation is 1. The number of nitro groups is 1. The fraction of sp³-hybridized carbons (Fsp3) is 0.154. The fourth-order valence-corrected chi connectivity index (χ4v) is 4.12. The number of nitriles is 1.